The minimum atomic E-state index is -0.141. The summed E-state index contributed by atoms with van der Waals surface area (Å²) in [6.45, 7) is 9.46. The fraction of sp³-hybridized carbons (Fsp3) is 0.421. The van der Waals surface area contributed by atoms with Crippen LogP contribution in [0.4, 0.5) is 5.69 Å². The zero-order chi connectivity index (χ0) is 19.8. The summed E-state index contributed by atoms with van der Waals surface area (Å²) in [6, 6.07) is 5.64. The quantitative estimate of drug-likeness (QED) is 0.297. The van der Waals surface area contributed by atoms with Crippen LogP contribution in [0.2, 0.25) is 0 Å². The molecule has 0 bridgehead atoms. The van der Waals surface area contributed by atoms with Crippen LogP contribution in [-0.4, -0.2) is 30.5 Å². The number of benzene rings is 1. The van der Waals surface area contributed by atoms with Gasteiger partial charge in [0.2, 0.25) is 5.91 Å². The van der Waals surface area contributed by atoms with E-state index in [1.807, 2.05) is 32.0 Å². The third kappa shape index (κ3) is 7.27. The van der Waals surface area contributed by atoms with Crippen molar-refractivity contribution in [2.75, 3.05) is 19.0 Å². The molecule has 0 radical (unpaired) electrons. The van der Waals surface area contributed by atoms with Gasteiger partial charge in [-0.15, -0.1) is 35.3 Å². The summed E-state index contributed by atoms with van der Waals surface area (Å²) < 4.78 is 5.28. The third-order valence-electron chi connectivity index (χ3n) is 3.82. The van der Waals surface area contributed by atoms with E-state index in [1.165, 1.54) is 11.8 Å². The molecule has 28 heavy (non-hydrogen) atoms. The zero-order valence-electron chi connectivity index (χ0n) is 16.9. The van der Waals surface area contributed by atoms with Crippen molar-refractivity contribution in [2.24, 2.45) is 4.99 Å². The number of nitrogens with zero attached hydrogens (tertiary/aromatic N) is 2. The summed E-state index contributed by atoms with van der Waals surface area (Å²) in [7, 11) is 1.58. The minimum absolute atomic E-state index is 0. The largest absolute Gasteiger partial charge is 0.495 e. The predicted octanol–water partition coefficient (Wildman–Crippen LogP) is 3.60. The molecule has 0 aliphatic rings. The lowest BCUT2D eigenvalue weighted by molar-refractivity contribution is -0.114. The van der Waals surface area contributed by atoms with Crippen LogP contribution in [0.1, 0.15) is 35.0 Å². The first-order valence-electron chi connectivity index (χ1n) is 8.82. The fourth-order valence-corrected chi connectivity index (χ4v) is 3.30. The van der Waals surface area contributed by atoms with Gasteiger partial charge in [-0.05, 0) is 38.5 Å². The van der Waals surface area contributed by atoms with Crippen LogP contribution in [0.25, 0.3) is 0 Å². The fourth-order valence-electron chi connectivity index (χ4n) is 2.43. The molecule has 0 atom stereocenters. The topological polar surface area (TPSA) is 87.6 Å². The second-order valence-electron chi connectivity index (χ2n) is 6.01. The average Bonchev–Trinajstić information content (AvgIpc) is 2.95. The molecule has 0 fully saturated rings. The monoisotopic (exact) mass is 517 g/mol. The van der Waals surface area contributed by atoms with Gasteiger partial charge in [0.1, 0.15) is 10.8 Å². The van der Waals surface area contributed by atoms with Crippen LogP contribution < -0.4 is 20.7 Å². The normalized spacial score (nSPS) is 10.8. The molecule has 0 saturated carbocycles. The van der Waals surface area contributed by atoms with Crippen molar-refractivity contribution in [2.45, 2.75) is 40.8 Å². The van der Waals surface area contributed by atoms with Crippen LogP contribution in [0, 0.1) is 13.8 Å². The minimum Gasteiger partial charge on any atom is -0.495 e. The van der Waals surface area contributed by atoms with Crippen molar-refractivity contribution in [3.8, 4) is 5.75 Å². The number of guanidine groups is 1. The van der Waals surface area contributed by atoms with Gasteiger partial charge in [0.15, 0.2) is 5.96 Å². The van der Waals surface area contributed by atoms with E-state index in [9.17, 15) is 4.79 Å². The van der Waals surface area contributed by atoms with Crippen molar-refractivity contribution in [1.29, 1.82) is 0 Å². The molecule has 2 rings (SSSR count). The number of aryl methyl sites for hydroxylation is 2. The van der Waals surface area contributed by atoms with E-state index >= 15 is 0 Å². The SMILES string of the molecule is CCNC(=NCc1ccc(OC)c(NC(C)=O)c1)NCc1nc(C)c(C)s1.I. The number of thiazole rings is 1. The van der Waals surface area contributed by atoms with Crippen LogP contribution in [0.15, 0.2) is 23.2 Å². The smallest absolute Gasteiger partial charge is 0.221 e. The second-order valence-corrected chi connectivity index (χ2v) is 7.30. The van der Waals surface area contributed by atoms with Gasteiger partial charge in [0, 0.05) is 18.3 Å². The molecule has 7 nitrogen and oxygen atoms in total. The first kappa shape index (κ1) is 24.2. The Kier molecular flexibility index (Phi) is 10.2. The van der Waals surface area contributed by atoms with Crippen molar-refractivity contribution in [3.05, 3.63) is 39.3 Å². The van der Waals surface area contributed by atoms with E-state index in [0.29, 0.717) is 24.5 Å². The van der Waals surface area contributed by atoms with Crippen molar-refractivity contribution in [3.63, 3.8) is 0 Å². The molecular formula is C19H28IN5O2S. The molecule has 3 N–H and O–H groups in total. The van der Waals surface area contributed by atoms with Crippen LogP contribution in [0.3, 0.4) is 0 Å². The van der Waals surface area contributed by atoms with Gasteiger partial charge in [0.05, 0.1) is 31.6 Å². The summed E-state index contributed by atoms with van der Waals surface area (Å²) in [5.41, 5.74) is 2.68. The first-order chi connectivity index (χ1) is 12.9. The van der Waals surface area contributed by atoms with E-state index in [2.05, 4.69) is 32.9 Å². The molecule has 0 aliphatic carbocycles. The molecule has 0 saturated heterocycles. The van der Waals surface area contributed by atoms with E-state index < -0.39 is 0 Å². The van der Waals surface area contributed by atoms with Gasteiger partial charge in [-0.25, -0.2) is 9.98 Å². The number of nitrogens with one attached hydrogen (secondary N) is 3. The zero-order valence-corrected chi connectivity index (χ0v) is 20.0. The van der Waals surface area contributed by atoms with Crippen molar-refractivity contribution < 1.29 is 9.53 Å². The van der Waals surface area contributed by atoms with Gasteiger partial charge in [-0.1, -0.05) is 6.07 Å². The van der Waals surface area contributed by atoms with Crippen molar-refractivity contribution in [1.82, 2.24) is 15.6 Å². The Morgan fingerprint density at radius 1 is 1.29 bits per heavy atom. The number of anilines is 1. The standard InChI is InChI=1S/C19H27N5O2S.HI/c1-6-20-19(22-11-18-23-12(2)13(3)27-18)21-10-15-7-8-17(26-5)16(9-15)24-14(4)25;/h7-9H,6,10-11H2,1-5H3,(H,24,25)(H2,20,21,22);1H. The molecule has 1 aromatic carbocycles. The highest BCUT2D eigenvalue weighted by Crippen LogP contribution is 2.25. The highest BCUT2D eigenvalue weighted by Gasteiger charge is 2.07. The van der Waals surface area contributed by atoms with Gasteiger partial charge in [-0.2, -0.15) is 0 Å². The molecule has 0 spiro atoms. The Hall–Kier alpha value is -1.88. The Morgan fingerprint density at radius 3 is 2.61 bits per heavy atom. The van der Waals surface area contributed by atoms with Gasteiger partial charge in [-0.3, -0.25) is 4.79 Å². The van der Waals surface area contributed by atoms with Crippen molar-refractivity contribution >= 4 is 52.9 Å². The lowest BCUT2D eigenvalue weighted by Crippen LogP contribution is -2.36. The Bertz CT molecular complexity index is 803. The number of rotatable bonds is 7. The predicted molar refractivity (Wildman–Crippen MR) is 126 cm³/mol. The Labute approximate surface area is 187 Å². The highest BCUT2D eigenvalue weighted by atomic mass is 127. The summed E-state index contributed by atoms with van der Waals surface area (Å²) >= 11 is 1.69. The van der Waals surface area contributed by atoms with Crippen LogP contribution >= 0.6 is 35.3 Å². The number of aromatic nitrogens is 1. The maximum absolute atomic E-state index is 11.4. The molecule has 2 aromatic rings. The third-order valence-corrected chi connectivity index (χ3v) is 4.89. The van der Waals surface area contributed by atoms with E-state index in [1.54, 1.807) is 18.4 Å². The molecule has 154 valence electrons. The molecule has 9 heteroatoms. The molecule has 1 amide bonds. The lowest BCUT2D eigenvalue weighted by Gasteiger charge is -2.12. The first-order valence-corrected chi connectivity index (χ1v) is 9.64. The van der Waals surface area contributed by atoms with Gasteiger partial charge in [0.25, 0.3) is 0 Å². The number of hydrogen-bond donors (Lipinski definition) is 3. The maximum atomic E-state index is 11.4. The summed E-state index contributed by atoms with van der Waals surface area (Å²) in [5.74, 6) is 1.20. The molecule has 0 unspecified atom stereocenters. The lowest BCUT2D eigenvalue weighted by atomic mass is 10.2. The molecule has 1 heterocycles. The van der Waals surface area contributed by atoms with E-state index in [0.717, 1.165) is 28.8 Å². The summed E-state index contributed by atoms with van der Waals surface area (Å²) in [6.07, 6.45) is 0. The number of aliphatic imine (C=N–C) groups is 1. The number of halogens is 1. The number of carbonyl (C=O) groups excluding carboxylic acids is 1. The number of hydrogen-bond acceptors (Lipinski definition) is 5. The number of methoxy groups -OCH3 is 1. The number of ether oxygens (including phenoxy) is 1. The molecule has 1 aromatic heterocycles. The van der Waals surface area contributed by atoms with Gasteiger partial charge < -0.3 is 20.7 Å². The average molecular weight is 517 g/mol. The number of carbonyl (C=O) groups is 1. The molecule has 0 aliphatic heterocycles. The van der Waals surface area contributed by atoms with Crippen LogP contribution in [0.5, 0.6) is 5.75 Å². The Morgan fingerprint density at radius 2 is 2.04 bits per heavy atom. The van der Waals surface area contributed by atoms with E-state index in [4.69, 9.17) is 4.74 Å². The second kappa shape index (κ2) is 11.8. The van der Waals surface area contributed by atoms with Gasteiger partial charge >= 0.3 is 0 Å². The molecular weight excluding hydrogens is 489 g/mol. The maximum Gasteiger partial charge on any atom is 0.221 e. The highest BCUT2D eigenvalue weighted by molar-refractivity contribution is 14.0. The van der Waals surface area contributed by atoms with E-state index in [-0.39, 0.29) is 29.9 Å². The Balaban J connectivity index is 0.00000392. The summed E-state index contributed by atoms with van der Waals surface area (Å²) in [5, 5.41) is 10.4. The number of amides is 1. The summed E-state index contributed by atoms with van der Waals surface area (Å²) in [4.78, 5) is 21.8. The van der Waals surface area contributed by atoms with Crippen LogP contribution in [-0.2, 0) is 17.9 Å².